The van der Waals surface area contributed by atoms with Gasteiger partial charge in [-0.15, -0.1) is 0 Å². The van der Waals surface area contributed by atoms with Crippen molar-refractivity contribution < 1.29 is 14.3 Å². The molecule has 0 aliphatic heterocycles. The van der Waals surface area contributed by atoms with E-state index in [1.54, 1.807) is 49.7 Å². The molecule has 1 amide bonds. The van der Waals surface area contributed by atoms with Crippen LogP contribution in [0.2, 0.25) is 0 Å². The van der Waals surface area contributed by atoms with Crippen LogP contribution in [0.1, 0.15) is 27.0 Å². The van der Waals surface area contributed by atoms with Gasteiger partial charge in [0.15, 0.2) is 5.13 Å². The number of thiazole rings is 1. The van der Waals surface area contributed by atoms with Crippen LogP contribution in [0.25, 0.3) is 10.2 Å². The lowest BCUT2D eigenvalue weighted by atomic mass is 10.1. The zero-order valence-corrected chi connectivity index (χ0v) is 18.7. The Morgan fingerprint density at radius 3 is 2.45 bits per heavy atom. The maximum atomic E-state index is 13.7. The Kier molecular flexibility index (Phi) is 5.86. The molecule has 0 N–H and O–H groups in total. The molecule has 2 aromatic heterocycles. The van der Waals surface area contributed by atoms with E-state index in [1.807, 2.05) is 12.1 Å². The molecule has 4 rings (SSSR count). The highest BCUT2D eigenvalue weighted by atomic mass is 32.1. The van der Waals surface area contributed by atoms with Gasteiger partial charge >= 0.3 is 0 Å². The highest BCUT2D eigenvalue weighted by Gasteiger charge is 2.23. The minimum Gasteiger partial charge on any atom is -0.497 e. The number of aromatic nitrogens is 2. The fourth-order valence-electron chi connectivity index (χ4n) is 3.32. The average molecular weight is 434 g/mol. The Labute approximate surface area is 185 Å². The number of rotatable bonds is 6. The Morgan fingerprint density at radius 2 is 1.81 bits per heavy atom. The second-order valence-corrected chi connectivity index (χ2v) is 8.21. The van der Waals surface area contributed by atoms with Crippen molar-refractivity contribution in [2.45, 2.75) is 20.4 Å². The van der Waals surface area contributed by atoms with Gasteiger partial charge in [0, 0.05) is 24.0 Å². The molecule has 31 heavy (non-hydrogen) atoms. The number of hydrogen-bond donors (Lipinski definition) is 0. The highest BCUT2D eigenvalue weighted by molar-refractivity contribution is 7.22. The van der Waals surface area contributed by atoms with Gasteiger partial charge in [-0.05, 0) is 54.8 Å². The van der Waals surface area contributed by atoms with Gasteiger partial charge < -0.3 is 9.47 Å². The molecule has 2 heterocycles. The van der Waals surface area contributed by atoms with E-state index >= 15 is 0 Å². The van der Waals surface area contributed by atoms with Crippen molar-refractivity contribution in [2.75, 3.05) is 19.1 Å². The molecule has 158 valence electrons. The van der Waals surface area contributed by atoms with Crippen LogP contribution in [0.5, 0.6) is 11.5 Å². The summed E-state index contributed by atoms with van der Waals surface area (Å²) in [5.74, 6) is 0.925. The number of pyridine rings is 1. The van der Waals surface area contributed by atoms with Crippen LogP contribution in [-0.4, -0.2) is 30.1 Å². The van der Waals surface area contributed by atoms with Crippen LogP contribution in [0.4, 0.5) is 5.13 Å². The zero-order chi connectivity index (χ0) is 22.0. The Balaban J connectivity index is 1.82. The predicted molar refractivity (Wildman–Crippen MR) is 123 cm³/mol. The van der Waals surface area contributed by atoms with Crippen LogP contribution in [-0.2, 0) is 6.54 Å². The zero-order valence-electron chi connectivity index (χ0n) is 17.9. The van der Waals surface area contributed by atoms with Crippen LogP contribution in [0, 0.1) is 13.8 Å². The maximum absolute atomic E-state index is 13.7. The number of fused-ring (bicyclic) bond motifs is 1. The molecule has 0 saturated carbocycles. The van der Waals surface area contributed by atoms with E-state index in [0.717, 1.165) is 21.3 Å². The number of anilines is 1. The Hall–Kier alpha value is -3.45. The highest BCUT2D eigenvalue weighted by Crippen LogP contribution is 2.34. The van der Waals surface area contributed by atoms with Gasteiger partial charge in [0.1, 0.15) is 11.5 Å². The van der Waals surface area contributed by atoms with Crippen molar-refractivity contribution in [3.8, 4) is 11.5 Å². The molecule has 0 spiro atoms. The molecular weight excluding hydrogens is 410 g/mol. The lowest BCUT2D eigenvalue weighted by Crippen LogP contribution is -2.30. The summed E-state index contributed by atoms with van der Waals surface area (Å²) in [4.78, 5) is 24.4. The molecule has 0 aliphatic carbocycles. The van der Waals surface area contributed by atoms with Crippen LogP contribution in [0.3, 0.4) is 0 Å². The summed E-state index contributed by atoms with van der Waals surface area (Å²) in [7, 11) is 3.13. The Bertz CT molecular complexity index is 1220. The van der Waals surface area contributed by atoms with Gasteiger partial charge in [0.05, 0.1) is 31.0 Å². The third kappa shape index (κ3) is 4.22. The summed E-state index contributed by atoms with van der Waals surface area (Å²) in [6.07, 6.45) is 3.47. The van der Waals surface area contributed by atoms with Crippen LogP contribution in [0.15, 0.2) is 54.9 Å². The number of ether oxygens (including phenoxy) is 2. The summed E-state index contributed by atoms with van der Waals surface area (Å²) in [6.45, 7) is 4.47. The van der Waals surface area contributed by atoms with Gasteiger partial charge in [-0.2, -0.15) is 0 Å². The summed E-state index contributed by atoms with van der Waals surface area (Å²) in [5, 5.41) is 0.638. The number of benzene rings is 2. The van der Waals surface area contributed by atoms with E-state index in [0.29, 0.717) is 28.7 Å². The molecule has 0 saturated heterocycles. The fourth-order valence-corrected chi connectivity index (χ4v) is 4.34. The quantitative estimate of drug-likeness (QED) is 0.420. The van der Waals surface area contributed by atoms with Crippen molar-refractivity contribution in [1.82, 2.24) is 9.97 Å². The normalized spacial score (nSPS) is 10.8. The first-order valence-corrected chi connectivity index (χ1v) is 10.6. The van der Waals surface area contributed by atoms with E-state index < -0.39 is 0 Å². The smallest absolute Gasteiger partial charge is 0.260 e. The van der Waals surface area contributed by atoms with Gasteiger partial charge in [0.2, 0.25) is 0 Å². The van der Waals surface area contributed by atoms with E-state index in [1.165, 1.54) is 16.9 Å². The summed E-state index contributed by atoms with van der Waals surface area (Å²) in [5.41, 5.74) is 4.60. The standard InChI is InChI=1S/C24H23N3O3S/c1-15-7-8-21-22(16(15)2)26-24(31-21)27(14-17-6-5-9-25-13-17)23(28)18-10-19(29-3)12-20(11-18)30-4/h5-13H,14H2,1-4H3. The van der Waals surface area contributed by atoms with Crippen molar-refractivity contribution in [1.29, 1.82) is 0 Å². The maximum Gasteiger partial charge on any atom is 0.260 e. The average Bonchev–Trinajstić information content (AvgIpc) is 3.24. The summed E-state index contributed by atoms with van der Waals surface area (Å²) >= 11 is 1.50. The number of amides is 1. The summed E-state index contributed by atoms with van der Waals surface area (Å²) < 4.78 is 11.8. The van der Waals surface area contributed by atoms with Gasteiger partial charge in [-0.1, -0.05) is 23.5 Å². The lowest BCUT2D eigenvalue weighted by molar-refractivity contribution is 0.0984. The fraction of sp³-hybridized carbons (Fsp3) is 0.208. The third-order valence-electron chi connectivity index (χ3n) is 5.21. The minimum atomic E-state index is -0.186. The van der Waals surface area contributed by atoms with Crippen LogP contribution >= 0.6 is 11.3 Å². The minimum absolute atomic E-state index is 0.186. The first-order valence-electron chi connectivity index (χ1n) is 9.80. The molecule has 2 aromatic carbocycles. The largest absolute Gasteiger partial charge is 0.497 e. The van der Waals surface area contributed by atoms with E-state index in [9.17, 15) is 4.79 Å². The molecule has 4 aromatic rings. The molecule has 0 bridgehead atoms. The second kappa shape index (κ2) is 8.73. The van der Waals surface area contributed by atoms with Gasteiger partial charge in [0.25, 0.3) is 5.91 Å². The topological polar surface area (TPSA) is 64.6 Å². The van der Waals surface area contributed by atoms with Crippen molar-refractivity contribution in [3.05, 3.63) is 77.1 Å². The number of nitrogens with zero attached hydrogens (tertiary/aromatic N) is 3. The number of carbonyl (C=O) groups is 1. The molecule has 0 aliphatic rings. The molecule has 0 radical (unpaired) electrons. The monoisotopic (exact) mass is 433 g/mol. The molecule has 0 fully saturated rings. The predicted octanol–water partition coefficient (Wildman–Crippen LogP) is 5.17. The molecular formula is C24H23N3O3S. The van der Waals surface area contributed by atoms with Gasteiger partial charge in [-0.25, -0.2) is 4.98 Å². The summed E-state index contributed by atoms with van der Waals surface area (Å²) in [6, 6.07) is 13.1. The van der Waals surface area contributed by atoms with Gasteiger partial charge in [-0.3, -0.25) is 14.7 Å². The van der Waals surface area contributed by atoms with Crippen molar-refractivity contribution in [3.63, 3.8) is 0 Å². The van der Waals surface area contributed by atoms with E-state index in [2.05, 4.69) is 31.0 Å². The Morgan fingerprint density at radius 1 is 1.06 bits per heavy atom. The molecule has 6 nitrogen and oxygen atoms in total. The second-order valence-electron chi connectivity index (χ2n) is 7.20. The molecule has 0 atom stereocenters. The lowest BCUT2D eigenvalue weighted by Gasteiger charge is -2.20. The number of hydrogen-bond acceptors (Lipinski definition) is 6. The molecule has 0 unspecified atom stereocenters. The third-order valence-corrected chi connectivity index (χ3v) is 6.26. The van der Waals surface area contributed by atoms with E-state index in [-0.39, 0.29) is 5.91 Å². The number of carbonyl (C=O) groups excluding carboxylic acids is 1. The van der Waals surface area contributed by atoms with Crippen LogP contribution < -0.4 is 14.4 Å². The number of aryl methyl sites for hydroxylation is 2. The van der Waals surface area contributed by atoms with Crippen molar-refractivity contribution >= 4 is 32.6 Å². The van der Waals surface area contributed by atoms with E-state index in [4.69, 9.17) is 14.5 Å². The van der Waals surface area contributed by atoms with Crippen molar-refractivity contribution in [2.24, 2.45) is 0 Å². The SMILES string of the molecule is COc1cc(OC)cc(C(=O)N(Cc2cccnc2)c2nc3c(C)c(C)ccc3s2)c1. The first-order chi connectivity index (χ1) is 15.0. The number of methoxy groups -OCH3 is 2. The first kappa shape index (κ1) is 20.8. The molecule has 7 heteroatoms.